The lowest BCUT2D eigenvalue weighted by Crippen LogP contribution is -2.50. The molecular weight excluding hydrogens is 929 g/mol. The quantitative estimate of drug-likeness (QED) is 0.0786. The molecule has 0 bridgehead atoms. The Morgan fingerprint density at radius 3 is 1.55 bits per heavy atom. The Hall–Kier alpha value is -5.83. The molecule has 2 saturated heterocycles. The molecule has 0 aliphatic carbocycles. The number of amides is 2. The Bertz CT molecular complexity index is 2200. The van der Waals surface area contributed by atoms with Gasteiger partial charge in [0.05, 0.1) is 9.75 Å². The molecule has 0 atom stereocenters. The van der Waals surface area contributed by atoms with Crippen molar-refractivity contribution in [3.63, 3.8) is 0 Å². The van der Waals surface area contributed by atoms with Gasteiger partial charge in [0.1, 0.15) is 28.4 Å². The van der Waals surface area contributed by atoms with Gasteiger partial charge in [0.25, 0.3) is 5.97 Å². The molecule has 0 radical (unpaired) electrons. The van der Waals surface area contributed by atoms with Crippen molar-refractivity contribution in [3.05, 3.63) is 71.2 Å². The molecule has 0 aromatic carbocycles. The number of nitrogens with one attached hydrogen (secondary N) is 1. The maximum atomic E-state index is 12.3. The maximum absolute atomic E-state index is 12.3. The van der Waals surface area contributed by atoms with Crippen LogP contribution in [0.1, 0.15) is 122 Å². The molecule has 6 heterocycles. The fraction of sp³-hybridized carbons (Fsp3) is 0.531. The summed E-state index contributed by atoms with van der Waals surface area (Å²) in [6, 6.07) is 10.9. The molecule has 20 heteroatoms. The lowest BCUT2D eigenvalue weighted by molar-refractivity contribution is -0.134. The van der Waals surface area contributed by atoms with E-state index in [9.17, 15) is 28.8 Å². The number of rotatable bonds is 16. The van der Waals surface area contributed by atoms with Gasteiger partial charge in [-0.25, -0.2) is 9.59 Å². The third kappa shape index (κ3) is 23.8. The maximum Gasteiger partial charge on any atom is 0.410 e. The van der Waals surface area contributed by atoms with Crippen molar-refractivity contribution in [1.82, 2.24) is 30.3 Å². The Morgan fingerprint density at radius 2 is 1.14 bits per heavy atom. The topological polar surface area (TPSA) is 232 Å². The highest BCUT2D eigenvalue weighted by Crippen LogP contribution is 2.27. The summed E-state index contributed by atoms with van der Waals surface area (Å²) in [5.74, 6) is 0.233. The smallest absolute Gasteiger partial charge is 0.410 e. The number of hydrogen-bond donors (Lipinski definition) is 2. The van der Waals surface area contributed by atoms with Gasteiger partial charge in [0.2, 0.25) is 0 Å². The first-order valence-corrected chi connectivity index (χ1v) is 24.2. The number of thiophene rings is 2. The minimum absolute atomic E-state index is 0. The van der Waals surface area contributed by atoms with Crippen LogP contribution in [0.3, 0.4) is 0 Å². The van der Waals surface area contributed by atoms with Gasteiger partial charge in [-0.2, -0.15) is 0 Å². The van der Waals surface area contributed by atoms with Gasteiger partial charge in [0.15, 0.2) is 28.9 Å². The summed E-state index contributed by atoms with van der Waals surface area (Å²) in [7, 11) is 0. The highest BCUT2D eigenvalue weighted by Gasteiger charge is 2.26. The van der Waals surface area contributed by atoms with E-state index in [2.05, 4.69) is 27.1 Å². The van der Waals surface area contributed by atoms with Crippen LogP contribution < -0.4 is 5.32 Å². The van der Waals surface area contributed by atoms with Crippen LogP contribution in [0.15, 0.2) is 68.9 Å². The van der Waals surface area contributed by atoms with E-state index >= 15 is 0 Å². The fourth-order valence-corrected chi connectivity index (χ4v) is 7.52. The molecule has 2 aliphatic rings. The Kier molecular flexibility index (Phi) is 25.7. The van der Waals surface area contributed by atoms with E-state index in [1.54, 1.807) is 21.9 Å². The minimum Gasteiger partial charge on any atom is -0.481 e. The second-order valence-electron chi connectivity index (χ2n) is 17.7. The van der Waals surface area contributed by atoms with E-state index in [4.69, 9.17) is 28.4 Å². The van der Waals surface area contributed by atoms with Crippen LogP contribution in [0.5, 0.6) is 0 Å². The molecule has 0 spiro atoms. The number of nitrogens with zero attached hydrogens (tertiary/aromatic N) is 5. The van der Waals surface area contributed by atoms with Crippen LogP contribution in [0.2, 0.25) is 0 Å². The monoisotopic (exact) mass is 998 g/mol. The van der Waals surface area contributed by atoms with Crippen LogP contribution in [0.25, 0.3) is 21.3 Å². The van der Waals surface area contributed by atoms with Crippen LogP contribution in [-0.4, -0.2) is 142 Å². The van der Waals surface area contributed by atoms with Crippen LogP contribution >= 0.6 is 22.7 Å². The zero-order valence-electron chi connectivity index (χ0n) is 40.2. The molecule has 69 heavy (non-hydrogen) atoms. The highest BCUT2D eigenvalue weighted by atomic mass is 32.1. The van der Waals surface area contributed by atoms with Crippen molar-refractivity contribution in [2.75, 3.05) is 58.9 Å². The van der Waals surface area contributed by atoms with E-state index in [0.29, 0.717) is 74.6 Å². The Labute approximate surface area is 413 Å². The zero-order chi connectivity index (χ0) is 50.3. The van der Waals surface area contributed by atoms with Crippen molar-refractivity contribution >= 4 is 64.0 Å². The van der Waals surface area contributed by atoms with E-state index in [1.165, 1.54) is 28.7 Å². The van der Waals surface area contributed by atoms with E-state index in [0.717, 1.165) is 55.9 Å². The number of Topliss-reactive ketones (excluding diaryl/α,β-unsaturated/α-hetero) is 3. The van der Waals surface area contributed by atoms with Crippen molar-refractivity contribution in [1.29, 1.82) is 0 Å². The Morgan fingerprint density at radius 1 is 0.710 bits per heavy atom. The summed E-state index contributed by atoms with van der Waals surface area (Å²) in [5.41, 5.74) is -0.262. The first kappa shape index (κ1) is 59.3. The largest absolute Gasteiger partial charge is 0.481 e. The van der Waals surface area contributed by atoms with Gasteiger partial charge in [0, 0.05) is 110 Å². The first-order chi connectivity index (χ1) is 32.1. The molecule has 6 rings (SSSR count). The fourth-order valence-electron chi connectivity index (χ4n) is 6.17. The number of hydrogen-bond acceptors (Lipinski definition) is 17. The number of carbonyl (C=O) groups is 7. The van der Waals surface area contributed by atoms with Gasteiger partial charge in [-0.3, -0.25) is 28.9 Å². The third-order valence-electron chi connectivity index (χ3n) is 9.53. The summed E-state index contributed by atoms with van der Waals surface area (Å²) in [4.78, 5) is 87.5. The lowest BCUT2D eigenvalue weighted by atomic mass is 10.1. The Balaban J connectivity index is 0.000000373. The van der Waals surface area contributed by atoms with Crippen molar-refractivity contribution in [3.8, 4) is 21.3 Å². The number of aromatic nitrogens is 2. The van der Waals surface area contributed by atoms with Gasteiger partial charge in [-0.1, -0.05) is 36.5 Å². The second-order valence-corrected chi connectivity index (χ2v) is 19.6. The number of carboxylic acids is 1. The standard InChI is InChI=1S/C23H31N3O5S.C14H13NO3S.C9H18N2O2.C2H4O2.CH4/c1-23(2,3)30-22(29)26-13-11-25(12-14-26)10-9-17(27)6-4-7-19(28)18-16-20(31-24-18)21-8-5-15-32-21;1-2-10(16)5-3-6-12(17)11-9-13(18-15-11)14-7-4-8-19-14;1-9(2,3)13-8(12)11-6-4-10-5-7-11;1-2(3)4;/h5,8,15-16H,4,6-7,9-14H2,1-3H3;2,4,7-9H,1,3,5-6H2;10H,4-7H2,1-3H3;1H3,(H,3,4);1H4. The van der Waals surface area contributed by atoms with Crippen LogP contribution in [0, 0.1) is 0 Å². The summed E-state index contributed by atoms with van der Waals surface area (Å²) < 4.78 is 21.0. The SMILES string of the molecule is C.C=CC(=O)CCCC(=O)c1cc(-c2cccs2)on1.CC(=O)O.CC(C)(C)OC(=O)N1CCN(CCC(=O)CCCC(=O)c2cc(-c3cccs3)on2)CC1.CC(C)(C)OC(=O)N1CCNCC1. The average molecular weight is 999 g/mol. The number of allylic oxidation sites excluding steroid dienone is 1. The molecule has 2 fully saturated rings. The van der Waals surface area contributed by atoms with Crippen LogP contribution in [0.4, 0.5) is 9.59 Å². The summed E-state index contributed by atoms with van der Waals surface area (Å²) in [5, 5.41) is 22.1. The number of ether oxygens (including phenoxy) is 2. The molecule has 18 nitrogen and oxygen atoms in total. The lowest BCUT2D eigenvalue weighted by Gasteiger charge is -2.35. The number of aliphatic carboxylic acids is 1. The van der Waals surface area contributed by atoms with Crippen molar-refractivity contribution in [2.24, 2.45) is 0 Å². The molecule has 2 amide bonds. The molecule has 2 aliphatic heterocycles. The van der Waals surface area contributed by atoms with Gasteiger partial charge >= 0.3 is 12.2 Å². The molecule has 2 N–H and O–H groups in total. The third-order valence-corrected chi connectivity index (χ3v) is 11.3. The number of carboxylic acid groups (broad SMARTS) is 1. The van der Waals surface area contributed by atoms with Gasteiger partial charge in [-0.05, 0) is 83.4 Å². The zero-order valence-corrected chi connectivity index (χ0v) is 41.8. The normalized spacial score (nSPS) is 13.7. The summed E-state index contributed by atoms with van der Waals surface area (Å²) in [6.07, 6.45) is 3.52. The predicted octanol–water partition coefficient (Wildman–Crippen LogP) is 9.33. The van der Waals surface area contributed by atoms with Gasteiger partial charge in [-0.15, -0.1) is 22.7 Å². The molecule has 0 saturated carbocycles. The van der Waals surface area contributed by atoms with Crippen molar-refractivity contribution < 1.29 is 57.2 Å². The van der Waals surface area contributed by atoms with E-state index in [-0.39, 0.29) is 61.2 Å². The van der Waals surface area contributed by atoms with Crippen molar-refractivity contribution in [2.45, 2.75) is 112 Å². The second kappa shape index (κ2) is 29.9. The van der Waals surface area contributed by atoms with Crippen LogP contribution in [-0.2, 0) is 23.9 Å². The number of ketones is 4. The highest BCUT2D eigenvalue weighted by molar-refractivity contribution is 7.13. The summed E-state index contributed by atoms with van der Waals surface area (Å²) >= 11 is 3.05. The summed E-state index contributed by atoms with van der Waals surface area (Å²) in [6.45, 7) is 22.2. The average Bonchev–Trinajstić information content (AvgIpc) is 4.13. The van der Waals surface area contributed by atoms with E-state index in [1.807, 2.05) is 76.6 Å². The molecule has 4 aromatic rings. The molecule has 380 valence electrons. The number of piperazine rings is 2. The molecule has 0 unspecified atom stereocenters. The van der Waals surface area contributed by atoms with E-state index < -0.39 is 11.6 Å². The van der Waals surface area contributed by atoms with Gasteiger partial charge < -0.3 is 38.7 Å². The minimum atomic E-state index is -0.833. The first-order valence-electron chi connectivity index (χ1n) is 22.5. The molecular formula is C49H70N6O12S2. The molecule has 4 aromatic heterocycles. The number of carbonyl (C=O) groups excluding carboxylic acids is 6. The predicted molar refractivity (Wildman–Crippen MR) is 266 cm³/mol.